The fourth-order valence-electron chi connectivity index (χ4n) is 10.6. The molecule has 0 spiro atoms. The topological polar surface area (TPSA) is 370 Å². The number of carboxylic acid groups (broad SMARTS) is 1. The van der Waals surface area contributed by atoms with Gasteiger partial charge in [0.15, 0.2) is 12.6 Å². The molecule has 79 heavy (non-hydrogen) atoms. The van der Waals surface area contributed by atoms with E-state index in [1.54, 1.807) is 6.08 Å². The summed E-state index contributed by atoms with van der Waals surface area (Å²) >= 11 is 0. The zero-order valence-corrected chi connectivity index (χ0v) is 47.5. The van der Waals surface area contributed by atoms with Crippen LogP contribution in [0.1, 0.15) is 200 Å². The number of hydrogen-bond donors (Lipinski definition) is 14. The maximum absolute atomic E-state index is 13.3. The van der Waals surface area contributed by atoms with Gasteiger partial charge in [0, 0.05) is 12.8 Å². The van der Waals surface area contributed by atoms with Gasteiger partial charge in [0.1, 0.15) is 67.1 Å². The summed E-state index contributed by atoms with van der Waals surface area (Å²) in [5, 5.41) is 132. The second-order valence-electron chi connectivity index (χ2n) is 22.3. The van der Waals surface area contributed by atoms with Gasteiger partial charge >= 0.3 is 5.97 Å². The van der Waals surface area contributed by atoms with Crippen LogP contribution in [0.5, 0.6) is 0 Å². The van der Waals surface area contributed by atoms with Crippen molar-refractivity contribution in [2.45, 2.75) is 310 Å². The number of carbonyl (C=O) groups excluding carboxylic acids is 1. The first-order valence-corrected chi connectivity index (χ1v) is 30.2. The summed E-state index contributed by atoms with van der Waals surface area (Å²) in [6.45, 7) is 1.17. The fraction of sp³-hybridized carbons (Fsp3) is 0.930. The summed E-state index contributed by atoms with van der Waals surface area (Å²) in [5.41, 5.74) is 5.97. The van der Waals surface area contributed by atoms with E-state index in [4.69, 9.17) is 34.2 Å². The molecule has 3 saturated heterocycles. The average molecular weight is 1140 g/mol. The van der Waals surface area contributed by atoms with Gasteiger partial charge in [-0.1, -0.05) is 180 Å². The van der Waals surface area contributed by atoms with E-state index in [1.807, 2.05) is 6.08 Å². The predicted molar refractivity (Wildman–Crippen MR) is 292 cm³/mol. The molecule has 0 radical (unpaired) electrons. The molecule has 0 aromatic heterocycles. The van der Waals surface area contributed by atoms with E-state index in [0.29, 0.717) is 12.8 Å². The second kappa shape index (κ2) is 40.3. The van der Waals surface area contributed by atoms with E-state index >= 15 is 0 Å². The van der Waals surface area contributed by atoms with Crippen molar-refractivity contribution in [3.8, 4) is 0 Å². The fourth-order valence-corrected chi connectivity index (χ4v) is 10.6. The Hall–Kier alpha value is -2.04. The number of aliphatic carboxylic acids is 1. The van der Waals surface area contributed by atoms with Crippen molar-refractivity contribution in [2.75, 3.05) is 26.4 Å². The van der Waals surface area contributed by atoms with Crippen molar-refractivity contribution >= 4 is 11.9 Å². The number of carboxylic acids is 1. The molecule has 0 aromatic carbocycles. The Kier molecular flexibility index (Phi) is 36.3. The first-order valence-electron chi connectivity index (χ1n) is 30.2. The molecule has 0 saturated carbocycles. The van der Waals surface area contributed by atoms with Crippen LogP contribution in [0, 0.1) is 0 Å². The molecule has 3 aliphatic heterocycles. The van der Waals surface area contributed by atoms with Crippen molar-refractivity contribution < 1.29 is 99.3 Å². The number of allylic oxidation sites excluding steroid dienone is 1. The molecular weight excluding hydrogens is 1030 g/mol. The molecule has 3 heterocycles. The molecule has 0 bridgehead atoms. The molecule has 22 heteroatoms. The summed E-state index contributed by atoms with van der Waals surface area (Å²) in [7, 11) is 0. The highest BCUT2D eigenvalue weighted by Crippen LogP contribution is 2.38. The molecule has 3 rings (SSSR count). The molecule has 3 aliphatic rings. The number of unbranched alkanes of at least 4 members (excludes halogenated alkanes) is 25. The molecule has 6 unspecified atom stereocenters. The summed E-state index contributed by atoms with van der Waals surface area (Å²) in [5.74, 6) is -5.24. The smallest absolute Gasteiger partial charge is 0.364 e. The van der Waals surface area contributed by atoms with Gasteiger partial charge in [-0.2, -0.15) is 0 Å². The standard InChI is InChI=1S/C57H106N2O20/c1-3-5-7-9-11-13-15-17-18-20-22-24-26-28-30-32-44(66)59-38(39(63)31-29-27-25-23-21-19-16-14-12-10-8-6-4-2)37-74-54-49(70)48(69)51(43(36-62)76-54)77-55-50(71)53(47(68)42(35-61)75-55)79-57(56(72)73)33-40(64)45(58)52(78-57)46(67)41(65)34-60/h29,31,38-43,45-55,60-65,67-71H,3-28,30,32-37,58H2,1-2H3,(H,59,66)(H,72,73)/b31-29+/t38?,39?,40-,41?,42+,43+,45-,46?,47-,48+,49+,50+,51?,52-,53-,54+,55-,57?/m0/s1. The SMILES string of the molecule is CCCCCCCCCCCCC/C=C/C(O)C(CO[C@@H]1O[C@H](CO)C(O[C@@H]2O[C@H](CO)[C@H](O)[C@H](OC3(C(=O)O)C[C@H](O)[C@H](N)[C@@H](C(O)C(O)CO)O3)[C@H]2O)[C@H](O)[C@H]1O)NC(=O)CCCCCCCCCCCCCCCCC. The zero-order chi connectivity index (χ0) is 58.2. The van der Waals surface area contributed by atoms with Crippen LogP contribution in [0.15, 0.2) is 12.2 Å². The maximum atomic E-state index is 13.3. The van der Waals surface area contributed by atoms with Crippen molar-refractivity contribution in [1.82, 2.24) is 5.32 Å². The number of nitrogens with two attached hydrogens (primary N) is 1. The van der Waals surface area contributed by atoms with Gasteiger partial charge in [-0.15, -0.1) is 0 Å². The van der Waals surface area contributed by atoms with Gasteiger partial charge in [-0.05, 0) is 19.3 Å². The van der Waals surface area contributed by atoms with E-state index in [2.05, 4.69) is 19.2 Å². The Morgan fingerprint density at radius 3 is 1.63 bits per heavy atom. The number of carbonyl (C=O) groups is 2. The zero-order valence-electron chi connectivity index (χ0n) is 47.5. The van der Waals surface area contributed by atoms with Crippen molar-refractivity contribution in [2.24, 2.45) is 5.73 Å². The number of amides is 1. The van der Waals surface area contributed by atoms with Gasteiger partial charge in [0.25, 0.3) is 5.79 Å². The first kappa shape index (κ1) is 71.2. The minimum absolute atomic E-state index is 0.213. The lowest BCUT2D eigenvalue weighted by Crippen LogP contribution is -2.70. The second-order valence-corrected chi connectivity index (χ2v) is 22.3. The minimum Gasteiger partial charge on any atom is -0.477 e. The van der Waals surface area contributed by atoms with E-state index in [-0.39, 0.29) is 12.3 Å². The van der Waals surface area contributed by atoms with Crippen LogP contribution in [0.25, 0.3) is 0 Å². The van der Waals surface area contributed by atoms with Crippen molar-refractivity contribution in [3.05, 3.63) is 12.2 Å². The quantitative estimate of drug-likeness (QED) is 0.0308. The molecule has 1 amide bonds. The Morgan fingerprint density at radius 1 is 0.646 bits per heavy atom. The van der Waals surface area contributed by atoms with Gasteiger partial charge in [0.2, 0.25) is 5.91 Å². The van der Waals surface area contributed by atoms with Gasteiger partial charge in [-0.25, -0.2) is 4.79 Å². The van der Waals surface area contributed by atoms with E-state index in [0.717, 1.165) is 44.9 Å². The van der Waals surface area contributed by atoms with E-state index in [1.165, 1.54) is 116 Å². The molecule has 464 valence electrons. The molecule has 0 aliphatic carbocycles. The summed E-state index contributed by atoms with van der Waals surface area (Å²) in [6.07, 6.45) is 6.59. The van der Waals surface area contributed by atoms with E-state index in [9.17, 15) is 70.9 Å². The Labute approximate surface area is 469 Å². The van der Waals surface area contributed by atoms with Crippen LogP contribution in [0.4, 0.5) is 0 Å². The van der Waals surface area contributed by atoms with Gasteiger partial charge < -0.3 is 101 Å². The molecule has 15 N–H and O–H groups in total. The first-order chi connectivity index (χ1) is 38.0. The van der Waals surface area contributed by atoms with Crippen LogP contribution >= 0.6 is 0 Å². The number of ether oxygens (including phenoxy) is 6. The number of aliphatic hydroxyl groups is 11. The van der Waals surface area contributed by atoms with Gasteiger partial charge in [0.05, 0.1) is 50.7 Å². The highest BCUT2D eigenvalue weighted by molar-refractivity contribution is 5.76. The lowest BCUT2D eigenvalue weighted by molar-refractivity contribution is -0.386. The third-order valence-corrected chi connectivity index (χ3v) is 15.6. The normalized spacial score (nSPS) is 31.0. The van der Waals surface area contributed by atoms with Crippen LogP contribution in [0.3, 0.4) is 0 Å². The third-order valence-electron chi connectivity index (χ3n) is 15.6. The Bertz CT molecular complexity index is 1620. The van der Waals surface area contributed by atoms with E-state index < -0.39 is 149 Å². The number of aliphatic hydroxyl groups excluding tert-OH is 11. The lowest BCUT2D eigenvalue weighted by Gasteiger charge is -2.50. The third kappa shape index (κ3) is 24.6. The predicted octanol–water partition coefficient (Wildman–Crippen LogP) is 2.99. The number of nitrogens with one attached hydrogen (secondary N) is 1. The minimum atomic E-state index is -2.99. The molecular formula is C57H106N2O20. The maximum Gasteiger partial charge on any atom is 0.364 e. The van der Waals surface area contributed by atoms with Crippen molar-refractivity contribution in [3.63, 3.8) is 0 Å². The van der Waals surface area contributed by atoms with Crippen LogP contribution < -0.4 is 11.1 Å². The highest BCUT2D eigenvalue weighted by atomic mass is 16.8. The van der Waals surface area contributed by atoms with Crippen LogP contribution in [-0.4, -0.2) is 209 Å². The lowest BCUT2D eigenvalue weighted by atomic mass is 9.88. The summed E-state index contributed by atoms with van der Waals surface area (Å²) < 4.78 is 34.5. The molecule has 22 nitrogen and oxygen atoms in total. The molecule has 0 aromatic rings. The number of hydrogen-bond acceptors (Lipinski definition) is 20. The highest BCUT2D eigenvalue weighted by Gasteiger charge is 2.59. The summed E-state index contributed by atoms with van der Waals surface area (Å²) in [6, 6.07) is -2.54. The van der Waals surface area contributed by atoms with Crippen LogP contribution in [0.2, 0.25) is 0 Å². The Balaban J connectivity index is 1.63. The van der Waals surface area contributed by atoms with Crippen LogP contribution in [-0.2, 0) is 38.0 Å². The molecule has 18 atom stereocenters. The number of rotatable bonds is 44. The summed E-state index contributed by atoms with van der Waals surface area (Å²) in [4.78, 5) is 26.1. The molecule has 3 fully saturated rings. The van der Waals surface area contributed by atoms with Gasteiger partial charge in [-0.3, -0.25) is 4.79 Å². The van der Waals surface area contributed by atoms with Crippen molar-refractivity contribution in [1.29, 1.82) is 0 Å². The monoisotopic (exact) mass is 1140 g/mol. The largest absolute Gasteiger partial charge is 0.477 e. The Morgan fingerprint density at radius 2 is 1.14 bits per heavy atom. The average Bonchev–Trinajstić information content (AvgIpc) is 3.51.